The van der Waals surface area contributed by atoms with Crippen molar-refractivity contribution < 1.29 is 4.42 Å². The highest BCUT2D eigenvalue weighted by Gasteiger charge is 2.11. The highest BCUT2D eigenvalue weighted by atomic mass is 16.3. The van der Waals surface area contributed by atoms with Gasteiger partial charge in [0.2, 0.25) is 0 Å². The molecule has 5 aromatic rings. The maximum absolute atomic E-state index is 5.09. The molecule has 28 heavy (non-hydrogen) atoms. The van der Waals surface area contributed by atoms with Crippen LogP contribution < -0.4 is 0 Å². The number of aromatic nitrogens is 3. The third-order valence-corrected chi connectivity index (χ3v) is 4.95. The zero-order chi connectivity index (χ0) is 18.9. The van der Waals surface area contributed by atoms with E-state index in [4.69, 9.17) is 4.42 Å². The van der Waals surface area contributed by atoms with Crippen LogP contribution in [0.25, 0.3) is 44.5 Å². The number of hydrogen-bond donors (Lipinski definition) is 0. The molecule has 0 atom stereocenters. The van der Waals surface area contributed by atoms with Gasteiger partial charge in [0.1, 0.15) is 18.3 Å². The molecule has 0 spiro atoms. The Morgan fingerprint density at radius 2 is 1.61 bits per heavy atom. The fourth-order valence-corrected chi connectivity index (χ4v) is 3.55. The lowest BCUT2D eigenvalue weighted by Crippen LogP contribution is -1.91. The van der Waals surface area contributed by atoms with E-state index in [9.17, 15) is 0 Å². The van der Waals surface area contributed by atoms with Crippen molar-refractivity contribution in [1.29, 1.82) is 0 Å². The molecule has 2 aromatic heterocycles. The van der Waals surface area contributed by atoms with Gasteiger partial charge >= 0.3 is 0 Å². The Kier molecular flexibility index (Phi) is 3.95. The average molecular weight is 363 g/mol. The molecule has 0 saturated carbocycles. The Morgan fingerprint density at radius 1 is 0.750 bits per heavy atom. The number of benzene rings is 3. The molecule has 0 aliphatic carbocycles. The summed E-state index contributed by atoms with van der Waals surface area (Å²) in [4.78, 5) is 13.2. The molecule has 0 aliphatic rings. The van der Waals surface area contributed by atoms with Crippen molar-refractivity contribution in [3.8, 4) is 33.6 Å². The van der Waals surface area contributed by atoms with E-state index in [2.05, 4.69) is 70.4 Å². The molecule has 5 rings (SSSR count). The van der Waals surface area contributed by atoms with Gasteiger partial charge in [-0.25, -0.2) is 15.0 Å². The topological polar surface area (TPSA) is 51.8 Å². The number of aryl methyl sites for hydroxylation is 1. The Morgan fingerprint density at radius 3 is 2.39 bits per heavy atom. The van der Waals surface area contributed by atoms with Crippen LogP contribution in [0, 0.1) is 6.92 Å². The standard InChI is InChI=1S/C24H17N3O/c1-16-11-19(8-9-20(16)17-5-3-2-4-6-17)24-21-10-7-18(23-13-28-15-27-23)12-22(21)25-14-26-24/h2-15H,1H3. The van der Waals surface area contributed by atoms with E-state index in [-0.39, 0.29) is 0 Å². The van der Waals surface area contributed by atoms with Crippen molar-refractivity contribution in [3.63, 3.8) is 0 Å². The summed E-state index contributed by atoms with van der Waals surface area (Å²) in [5, 5.41) is 1.02. The lowest BCUT2D eigenvalue weighted by Gasteiger charge is -2.10. The van der Waals surface area contributed by atoms with Crippen LogP contribution in [-0.4, -0.2) is 15.0 Å². The summed E-state index contributed by atoms with van der Waals surface area (Å²) in [6.07, 6.45) is 4.68. The Hall–Kier alpha value is -3.79. The van der Waals surface area contributed by atoms with Crippen LogP contribution in [0.3, 0.4) is 0 Å². The molecule has 0 fully saturated rings. The van der Waals surface area contributed by atoms with Gasteiger partial charge in [-0.1, -0.05) is 48.5 Å². The van der Waals surface area contributed by atoms with Gasteiger partial charge in [0.05, 0.1) is 11.2 Å². The first-order valence-corrected chi connectivity index (χ1v) is 9.09. The van der Waals surface area contributed by atoms with E-state index in [1.807, 2.05) is 18.2 Å². The Balaban J connectivity index is 1.60. The van der Waals surface area contributed by atoms with Crippen molar-refractivity contribution in [2.45, 2.75) is 6.92 Å². The van der Waals surface area contributed by atoms with E-state index in [0.29, 0.717) is 0 Å². The molecule has 4 heteroatoms. The molecule has 0 saturated heterocycles. The zero-order valence-corrected chi connectivity index (χ0v) is 15.3. The van der Waals surface area contributed by atoms with E-state index in [0.717, 1.165) is 33.4 Å². The van der Waals surface area contributed by atoms with Gasteiger partial charge in [-0.3, -0.25) is 0 Å². The number of nitrogens with zero attached hydrogens (tertiary/aromatic N) is 3. The van der Waals surface area contributed by atoms with Crippen LogP contribution >= 0.6 is 0 Å². The van der Waals surface area contributed by atoms with E-state index in [1.54, 1.807) is 12.6 Å². The quantitative estimate of drug-likeness (QED) is 0.399. The first-order chi connectivity index (χ1) is 13.8. The van der Waals surface area contributed by atoms with Gasteiger partial charge in [0.25, 0.3) is 0 Å². The maximum atomic E-state index is 5.09. The lowest BCUT2D eigenvalue weighted by atomic mass is 9.96. The molecule has 2 heterocycles. The molecule has 0 aliphatic heterocycles. The monoisotopic (exact) mass is 363 g/mol. The second-order valence-electron chi connectivity index (χ2n) is 6.72. The van der Waals surface area contributed by atoms with E-state index < -0.39 is 0 Å². The van der Waals surface area contributed by atoms with Gasteiger partial charge < -0.3 is 4.42 Å². The second kappa shape index (κ2) is 6.74. The fourth-order valence-electron chi connectivity index (χ4n) is 3.55. The Bertz CT molecular complexity index is 1260. The van der Waals surface area contributed by atoms with Gasteiger partial charge in [0.15, 0.2) is 6.39 Å². The first-order valence-electron chi connectivity index (χ1n) is 9.09. The van der Waals surface area contributed by atoms with Gasteiger partial charge in [-0.15, -0.1) is 0 Å². The van der Waals surface area contributed by atoms with Crippen LogP contribution in [-0.2, 0) is 0 Å². The number of hydrogen-bond acceptors (Lipinski definition) is 4. The van der Waals surface area contributed by atoms with Crippen LogP contribution in [0.1, 0.15) is 5.56 Å². The summed E-state index contributed by atoms with van der Waals surface area (Å²) in [6, 6.07) is 23.0. The van der Waals surface area contributed by atoms with Gasteiger partial charge in [-0.05, 0) is 41.8 Å². The van der Waals surface area contributed by atoms with Crippen molar-refractivity contribution >= 4 is 10.9 Å². The molecule has 3 aromatic carbocycles. The average Bonchev–Trinajstić information content (AvgIpc) is 3.28. The molecule has 134 valence electrons. The van der Waals surface area contributed by atoms with Crippen LogP contribution in [0.15, 0.2) is 90.1 Å². The predicted octanol–water partition coefficient (Wildman–Crippen LogP) is 5.93. The lowest BCUT2D eigenvalue weighted by molar-refractivity contribution is 0.558. The molecular weight excluding hydrogens is 346 g/mol. The molecule has 4 nitrogen and oxygen atoms in total. The van der Waals surface area contributed by atoms with Crippen molar-refractivity contribution in [2.24, 2.45) is 0 Å². The van der Waals surface area contributed by atoms with Crippen molar-refractivity contribution in [3.05, 3.63) is 91.3 Å². The SMILES string of the molecule is Cc1cc(-c2ncnc3cc(-c4cocn4)ccc23)ccc1-c1ccccc1. The maximum Gasteiger partial charge on any atom is 0.181 e. The molecular formula is C24H17N3O. The molecule has 0 radical (unpaired) electrons. The smallest absolute Gasteiger partial charge is 0.181 e. The highest BCUT2D eigenvalue weighted by Crippen LogP contribution is 2.32. The third kappa shape index (κ3) is 2.85. The molecule has 0 bridgehead atoms. The second-order valence-corrected chi connectivity index (χ2v) is 6.72. The van der Waals surface area contributed by atoms with Crippen molar-refractivity contribution in [2.75, 3.05) is 0 Å². The molecule has 0 N–H and O–H groups in total. The van der Waals surface area contributed by atoms with Crippen LogP contribution in [0.2, 0.25) is 0 Å². The van der Waals surface area contributed by atoms with E-state index >= 15 is 0 Å². The summed E-state index contributed by atoms with van der Waals surface area (Å²) < 4.78 is 5.09. The summed E-state index contributed by atoms with van der Waals surface area (Å²) in [5.41, 5.74) is 8.34. The number of oxazole rings is 1. The number of rotatable bonds is 3. The van der Waals surface area contributed by atoms with Gasteiger partial charge in [-0.2, -0.15) is 0 Å². The van der Waals surface area contributed by atoms with Gasteiger partial charge in [0, 0.05) is 16.5 Å². The zero-order valence-electron chi connectivity index (χ0n) is 15.3. The highest BCUT2D eigenvalue weighted by molar-refractivity contribution is 5.94. The summed E-state index contributed by atoms with van der Waals surface area (Å²) in [6.45, 7) is 2.14. The minimum atomic E-state index is 0.796. The molecule has 0 unspecified atom stereocenters. The third-order valence-electron chi connectivity index (χ3n) is 4.95. The summed E-state index contributed by atoms with van der Waals surface area (Å²) in [5.74, 6) is 0. The number of fused-ring (bicyclic) bond motifs is 1. The van der Waals surface area contributed by atoms with Crippen LogP contribution in [0.5, 0.6) is 0 Å². The largest absolute Gasteiger partial charge is 0.451 e. The van der Waals surface area contributed by atoms with Crippen molar-refractivity contribution in [1.82, 2.24) is 15.0 Å². The minimum absolute atomic E-state index is 0.796. The van der Waals surface area contributed by atoms with Crippen LogP contribution in [0.4, 0.5) is 0 Å². The minimum Gasteiger partial charge on any atom is -0.451 e. The fraction of sp³-hybridized carbons (Fsp3) is 0.0417. The summed E-state index contributed by atoms with van der Waals surface area (Å²) in [7, 11) is 0. The Labute approximate surface area is 162 Å². The predicted molar refractivity (Wildman–Crippen MR) is 111 cm³/mol. The first kappa shape index (κ1) is 16.4. The summed E-state index contributed by atoms with van der Waals surface area (Å²) >= 11 is 0. The van der Waals surface area contributed by atoms with E-state index in [1.165, 1.54) is 23.1 Å². The molecule has 0 amide bonds. The normalized spacial score (nSPS) is 11.0.